The Morgan fingerprint density at radius 2 is 1.88 bits per heavy atom. The fraction of sp³-hybridized carbons (Fsp3) is 0.308. The lowest BCUT2D eigenvalue weighted by Crippen LogP contribution is -2.22. The van der Waals surface area contributed by atoms with Gasteiger partial charge in [-0.25, -0.2) is 4.98 Å². The summed E-state index contributed by atoms with van der Waals surface area (Å²) in [5.74, 6) is 2.61. The number of aryl methyl sites for hydroxylation is 3. The molecule has 7 nitrogen and oxygen atoms in total. The van der Waals surface area contributed by atoms with Gasteiger partial charge < -0.3 is 19.4 Å². The first-order valence-electron chi connectivity index (χ1n) is 11.4. The molecule has 3 heterocycles. The van der Waals surface area contributed by atoms with Gasteiger partial charge in [0, 0.05) is 55.9 Å². The van der Waals surface area contributed by atoms with E-state index in [1.807, 2.05) is 43.2 Å². The van der Waals surface area contributed by atoms with Crippen molar-refractivity contribution >= 4 is 0 Å². The predicted molar refractivity (Wildman–Crippen MR) is 127 cm³/mol. The van der Waals surface area contributed by atoms with Crippen LogP contribution < -0.4 is 14.8 Å². The number of ether oxygens (including phenoxy) is 2. The van der Waals surface area contributed by atoms with Gasteiger partial charge in [0.05, 0.1) is 5.69 Å². The van der Waals surface area contributed by atoms with Gasteiger partial charge >= 0.3 is 0 Å². The van der Waals surface area contributed by atoms with Gasteiger partial charge in [-0.15, -0.1) is 0 Å². The zero-order valence-electron chi connectivity index (χ0n) is 19.1. The minimum Gasteiger partial charge on any atom is -0.486 e. The lowest BCUT2D eigenvalue weighted by Gasteiger charge is -2.20. The normalized spacial score (nSPS) is 13.8. The summed E-state index contributed by atoms with van der Waals surface area (Å²) in [4.78, 5) is 4.35. The minimum absolute atomic E-state index is 0.210. The van der Waals surface area contributed by atoms with Gasteiger partial charge in [-0.1, -0.05) is 30.3 Å². The van der Waals surface area contributed by atoms with E-state index in [2.05, 4.69) is 57.5 Å². The molecular weight excluding hydrogens is 414 g/mol. The van der Waals surface area contributed by atoms with Gasteiger partial charge in [-0.05, 0) is 37.1 Å². The molecule has 1 N–H and O–H groups in total. The standard InChI is InChI=1S/C26H29N5O2/c1-19-27-11-13-31(19)12-10-23(20-6-4-3-5-7-20)28-17-22-18-30(2)29-26(22)21-8-9-24-25(16-21)33-15-14-32-24/h3-9,11,13,16,18,23,28H,10,12,14-15,17H2,1-2H3/t23-/m1/s1. The third kappa shape index (κ3) is 4.78. The van der Waals surface area contributed by atoms with Gasteiger partial charge in [0.1, 0.15) is 19.0 Å². The zero-order valence-corrected chi connectivity index (χ0v) is 19.1. The Morgan fingerprint density at radius 3 is 2.67 bits per heavy atom. The summed E-state index contributed by atoms with van der Waals surface area (Å²) in [7, 11) is 1.96. The summed E-state index contributed by atoms with van der Waals surface area (Å²) in [6.45, 7) is 4.81. The number of nitrogens with zero attached hydrogens (tertiary/aromatic N) is 4. The van der Waals surface area contributed by atoms with Crippen LogP contribution in [0.4, 0.5) is 0 Å². The molecule has 1 aliphatic heterocycles. The third-order valence-electron chi connectivity index (χ3n) is 6.04. The number of benzene rings is 2. The van der Waals surface area contributed by atoms with Gasteiger partial charge in [0.2, 0.25) is 0 Å². The minimum atomic E-state index is 0.210. The Kier molecular flexibility index (Phi) is 6.13. The molecule has 2 aromatic carbocycles. The number of hydrogen-bond donors (Lipinski definition) is 1. The van der Waals surface area contributed by atoms with Crippen LogP contribution in [0.25, 0.3) is 11.3 Å². The van der Waals surface area contributed by atoms with Crippen LogP contribution in [0.3, 0.4) is 0 Å². The SMILES string of the molecule is Cc1nccn1CC[C@@H](NCc1cn(C)nc1-c1ccc2c(c1)OCCO2)c1ccccc1. The number of nitrogens with one attached hydrogen (secondary N) is 1. The molecule has 4 aromatic rings. The van der Waals surface area contributed by atoms with Crippen LogP contribution in [-0.4, -0.2) is 32.5 Å². The number of hydrogen-bond acceptors (Lipinski definition) is 5. The van der Waals surface area contributed by atoms with Crippen molar-refractivity contribution in [3.05, 3.63) is 84.1 Å². The van der Waals surface area contributed by atoms with Crippen molar-refractivity contribution in [1.29, 1.82) is 0 Å². The molecule has 1 aliphatic rings. The molecule has 2 aromatic heterocycles. The fourth-order valence-electron chi connectivity index (χ4n) is 4.31. The number of imidazole rings is 1. The van der Waals surface area contributed by atoms with Crippen LogP contribution >= 0.6 is 0 Å². The predicted octanol–water partition coefficient (Wildman–Crippen LogP) is 4.28. The highest BCUT2D eigenvalue weighted by Crippen LogP contribution is 2.35. The molecule has 0 amide bonds. The van der Waals surface area contributed by atoms with Crippen molar-refractivity contribution in [3.8, 4) is 22.8 Å². The van der Waals surface area contributed by atoms with E-state index in [-0.39, 0.29) is 6.04 Å². The summed E-state index contributed by atoms with van der Waals surface area (Å²) in [5, 5.41) is 8.52. The first-order valence-corrected chi connectivity index (χ1v) is 11.4. The second-order valence-electron chi connectivity index (χ2n) is 8.34. The average molecular weight is 444 g/mol. The third-order valence-corrected chi connectivity index (χ3v) is 6.04. The summed E-state index contributed by atoms with van der Waals surface area (Å²) in [5.41, 5.74) is 4.41. The quantitative estimate of drug-likeness (QED) is 0.440. The van der Waals surface area contributed by atoms with Gasteiger partial charge in [0.15, 0.2) is 11.5 Å². The number of aromatic nitrogens is 4. The molecule has 0 bridgehead atoms. The monoisotopic (exact) mass is 443 g/mol. The largest absolute Gasteiger partial charge is 0.486 e. The molecule has 0 fully saturated rings. The maximum Gasteiger partial charge on any atom is 0.162 e. The van der Waals surface area contributed by atoms with E-state index in [9.17, 15) is 0 Å². The molecule has 0 spiro atoms. The molecule has 0 saturated carbocycles. The maximum absolute atomic E-state index is 5.78. The highest BCUT2D eigenvalue weighted by molar-refractivity contribution is 5.66. The van der Waals surface area contributed by atoms with E-state index in [1.54, 1.807) is 0 Å². The molecule has 5 rings (SSSR count). The molecule has 0 radical (unpaired) electrons. The second kappa shape index (κ2) is 9.50. The molecule has 33 heavy (non-hydrogen) atoms. The Balaban J connectivity index is 1.36. The van der Waals surface area contributed by atoms with E-state index in [0.717, 1.165) is 47.1 Å². The Labute approximate surface area is 194 Å². The zero-order chi connectivity index (χ0) is 22.6. The first kappa shape index (κ1) is 21.3. The van der Waals surface area contributed by atoms with Crippen LogP contribution in [0.1, 0.15) is 29.4 Å². The molecule has 1 atom stereocenters. The summed E-state index contributed by atoms with van der Waals surface area (Å²) in [6, 6.07) is 16.9. The van der Waals surface area contributed by atoms with Crippen molar-refractivity contribution < 1.29 is 9.47 Å². The lowest BCUT2D eigenvalue weighted by atomic mass is 10.0. The van der Waals surface area contributed by atoms with E-state index in [4.69, 9.17) is 14.6 Å². The van der Waals surface area contributed by atoms with E-state index in [0.29, 0.717) is 19.8 Å². The van der Waals surface area contributed by atoms with Crippen molar-refractivity contribution in [2.45, 2.75) is 32.5 Å². The van der Waals surface area contributed by atoms with Crippen molar-refractivity contribution in [2.75, 3.05) is 13.2 Å². The van der Waals surface area contributed by atoms with E-state index >= 15 is 0 Å². The molecular formula is C26H29N5O2. The van der Waals surface area contributed by atoms with Crippen molar-refractivity contribution in [2.24, 2.45) is 7.05 Å². The Hall–Kier alpha value is -3.58. The molecule has 0 saturated heterocycles. The topological polar surface area (TPSA) is 66.1 Å². The van der Waals surface area contributed by atoms with Crippen molar-refractivity contribution in [1.82, 2.24) is 24.6 Å². The van der Waals surface area contributed by atoms with Crippen LogP contribution in [0.5, 0.6) is 11.5 Å². The second-order valence-corrected chi connectivity index (χ2v) is 8.34. The Morgan fingerprint density at radius 1 is 1.06 bits per heavy atom. The number of rotatable bonds is 8. The Bertz CT molecular complexity index is 1210. The summed E-state index contributed by atoms with van der Waals surface area (Å²) < 4.78 is 15.5. The summed E-state index contributed by atoms with van der Waals surface area (Å²) >= 11 is 0. The van der Waals surface area contributed by atoms with Crippen LogP contribution in [0.2, 0.25) is 0 Å². The van der Waals surface area contributed by atoms with Crippen LogP contribution in [0, 0.1) is 6.92 Å². The molecule has 0 aliphatic carbocycles. The highest BCUT2D eigenvalue weighted by Gasteiger charge is 2.18. The van der Waals surface area contributed by atoms with E-state index in [1.165, 1.54) is 5.56 Å². The van der Waals surface area contributed by atoms with Crippen LogP contribution in [0.15, 0.2) is 67.1 Å². The smallest absolute Gasteiger partial charge is 0.162 e. The van der Waals surface area contributed by atoms with Gasteiger partial charge in [-0.2, -0.15) is 5.10 Å². The molecule has 0 unspecified atom stereocenters. The van der Waals surface area contributed by atoms with E-state index < -0.39 is 0 Å². The van der Waals surface area contributed by atoms with Crippen molar-refractivity contribution in [3.63, 3.8) is 0 Å². The lowest BCUT2D eigenvalue weighted by molar-refractivity contribution is 0.171. The van der Waals surface area contributed by atoms with Gasteiger partial charge in [-0.3, -0.25) is 4.68 Å². The van der Waals surface area contributed by atoms with Crippen LogP contribution in [-0.2, 0) is 20.1 Å². The average Bonchev–Trinajstić information content (AvgIpc) is 3.44. The number of fused-ring (bicyclic) bond motifs is 1. The molecule has 7 heteroatoms. The highest BCUT2D eigenvalue weighted by atomic mass is 16.6. The molecule has 170 valence electrons. The van der Waals surface area contributed by atoms with Gasteiger partial charge in [0.25, 0.3) is 0 Å². The summed E-state index contributed by atoms with van der Waals surface area (Å²) in [6.07, 6.45) is 6.94. The fourth-order valence-corrected chi connectivity index (χ4v) is 4.31. The maximum atomic E-state index is 5.78. The first-order chi connectivity index (χ1) is 16.2.